The maximum atomic E-state index is 13.8. The van der Waals surface area contributed by atoms with Crippen molar-refractivity contribution >= 4 is 17.5 Å². The molecule has 0 aromatic heterocycles. The second kappa shape index (κ2) is 8.71. The summed E-state index contributed by atoms with van der Waals surface area (Å²) in [6, 6.07) is 24.3. The van der Waals surface area contributed by atoms with Crippen LogP contribution in [0.25, 0.3) is 0 Å². The largest absolute Gasteiger partial charge is 0.497 e. The zero-order valence-electron chi connectivity index (χ0n) is 18.4. The van der Waals surface area contributed by atoms with E-state index in [-0.39, 0.29) is 17.7 Å². The van der Waals surface area contributed by atoms with Gasteiger partial charge in [0, 0.05) is 23.4 Å². The third-order valence-electron chi connectivity index (χ3n) is 5.91. The van der Waals surface area contributed by atoms with E-state index in [9.17, 15) is 9.59 Å². The molecule has 0 fully saturated rings. The Kier molecular flexibility index (Phi) is 5.82. The third-order valence-corrected chi connectivity index (χ3v) is 5.91. The molecule has 1 aliphatic rings. The average molecular weight is 427 g/mol. The second-order valence-electron chi connectivity index (χ2n) is 8.13. The van der Waals surface area contributed by atoms with Gasteiger partial charge in [-0.25, -0.2) is 0 Å². The Hall–Kier alpha value is -3.86. The highest BCUT2D eigenvalue weighted by atomic mass is 16.5. The van der Waals surface area contributed by atoms with Gasteiger partial charge in [0.1, 0.15) is 11.3 Å². The molecule has 1 heterocycles. The van der Waals surface area contributed by atoms with Crippen LogP contribution in [0.5, 0.6) is 5.75 Å². The lowest BCUT2D eigenvalue weighted by Gasteiger charge is -2.42. The smallest absolute Gasteiger partial charge is 0.257 e. The molecule has 2 unspecified atom stereocenters. The number of amides is 2. The first-order chi connectivity index (χ1) is 15.4. The summed E-state index contributed by atoms with van der Waals surface area (Å²) in [5.74, 6) is -0.166. The molecule has 162 valence electrons. The van der Waals surface area contributed by atoms with E-state index in [2.05, 4.69) is 5.32 Å². The maximum absolute atomic E-state index is 13.8. The summed E-state index contributed by atoms with van der Waals surface area (Å²) in [5.41, 5.74) is 2.10. The number of anilines is 1. The Bertz CT molecular complexity index is 1140. The van der Waals surface area contributed by atoms with Crippen LogP contribution in [-0.4, -0.2) is 24.5 Å². The van der Waals surface area contributed by atoms with Gasteiger partial charge in [0.05, 0.1) is 7.11 Å². The highest BCUT2D eigenvalue weighted by molar-refractivity contribution is 6.07. The number of hydrogen-bond donors (Lipinski definition) is 1. The van der Waals surface area contributed by atoms with E-state index in [1.807, 2.05) is 67.6 Å². The minimum absolute atomic E-state index is 0.195. The molecular formula is C27H26N2O3. The lowest BCUT2D eigenvalue weighted by Crippen LogP contribution is -2.61. The van der Waals surface area contributed by atoms with Crippen LogP contribution in [0.4, 0.5) is 5.69 Å². The van der Waals surface area contributed by atoms with E-state index in [4.69, 9.17) is 4.74 Å². The first kappa shape index (κ1) is 21.4. The minimum Gasteiger partial charge on any atom is -0.497 e. The van der Waals surface area contributed by atoms with Crippen molar-refractivity contribution < 1.29 is 14.3 Å². The Morgan fingerprint density at radius 1 is 0.969 bits per heavy atom. The molecule has 0 bridgehead atoms. The zero-order chi connectivity index (χ0) is 22.7. The highest BCUT2D eigenvalue weighted by Gasteiger charge is 2.47. The van der Waals surface area contributed by atoms with E-state index < -0.39 is 5.54 Å². The third kappa shape index (κ3) is 4.02. The van der Waals surface area contributed by atoms with Gasteiger partial charge in [-0.3, -0.25) is 14.5 Å². The van der Waals surface area contributed by atoms with Gasteiger partial charge in [0.15, 0.2) is 0 Å². The number of aryl methyl sites for hydroxylation is 1. The van der Waals surface area contributed by atoms with Crippen molar-refractivity contribution in [3.05, 3.63) is 108 Å². The molecule has 0 spiro atoms. The van der Waals surface area contributed by atoms with Gasteiger partial charge in [-0.1, -0.05) is 54.1 Å². The molecule has 2 amide bonds. The maximum Gasteiger partial charge on any atom is 0.257 e. The van der Waals surface area contributed by atoms with E-state index >= 15 is 0 Å². The SMILES string of the molecule is COc1ccc(C(=O)NC2(C)C(=O)N(c3ccc(C)cc3)C=CC2c2ccccc2)cc1. The molecule has 32 heavy (non-hydrogen) atoms. The molecule has 4 rings (SSSR count). The van der Waals surface area contributed by atoms with Crippen molar-refractivity contribution in [1.82, 2.24) is 5.32 Å². The summed E-state index contributed by atoms with van der Waals surface area (Å²) >= 11 is 0. The van der Waals surface area contributed by atoms with Crippen LogP contribution in [0.15, 0.2) is 91.1 Å². The predicted molar refractivity (Wildman–Crippen MR) is 126 cm³/mol. The Morgan fingerprint density at radius 3 is 2.25 bits per heavy atom. The normalized spacial score (nSPS) is 20.2. The van der Waals surface area contributed by atoms with Gasteiger partial charge in [-0.05, 0) is 55.8 Å². The van der Waals surface area contributed by atoms with Crippen LogP contribution in [-0.2, 0) is 4.79 Å². The number of nitrogens with zero attached hydrogens (tertiary/aromatic N) is 1. The van der Waals surface area contributed by atoms with Gasteiger partial charge >= 0.3 is 0 Å². The van der Waals surface area contributed by atoms with Crippen molar-refractivity contribution in [3.8, 4) is 5.75 Å². The molecule has 0 aliphatic carbocycles. The molecule has 5 heteroatoms. The van der Waals surface area contributed by atoms with Crippen molar-refractivity contribution in [2.75, 3.05) is 12.0 Å². The zero-order valence-corrected chi connectivity index (χ0v) is 18.4. The number of carbonyl (C=O) groups is 2. The molecule has 5 nitrogen and oxygen atoms in total. The summed E-state index contributed by atoms with van der Waals surface area (Å²) < 4.78 is 5.18. The highest BCUT2D eigenvalue weighted by Crippen LogP contribution is 2.37. The van der Waals surface area contributed by atoms with E-state index in [1.54, 1.807) is 49.4 Å². The Labute approximate surface area is 188 Å². The van der Waals surface area contributed by atoms with Gasteiger partial charge in [-0.15, -0.1) is 0 Å². The minimum atomic E-state index is -1.18. The Morgan fingerprint density at radius 2 is 1.62 bits per heavy atom. The van der Waals surface area contributed by atoms with Gasteiger partial charge in [0.25, 0.3) is 11.8 Å². The summed E-state index contributed by atoms with van der Waals surface area (Å²) in [5, 5.41) is 3.04. The average Bonchev–Trinajstić information content (AvgIpc) is 2.82. The standard InChI is InChI=1S/C27H26N2O3/c1-19-9-13-22(14-10-19)29-18-17-24(20-7-5-4-6-8-20)27(2,26(29)31)28-25(30)21-11-15-23(32-3)16-12-21/h4-18,24H,1-3H3,(H,28,30). The molecule has 1 aliphatic heterocycles. The van der Waals surface area contributed by atoms with Crippen LogP contribution in [0.1, 0.15) is 34.3 Å². The van der Waals surface area contributed by atoms with Crippen LogP contribution in [0, 0.1) is 6.92 Å². The molecule has 3 aromatic rings. The fraction of sp³-hybridized carbons (Fsp3) is 0.185. The topological polar surface area (TPSA) is 58.6 Å². The van der Waals surface area contributed by atoms with Crippen LogP contribution in [0.3, 0.4) is 0 Å². The van der Waals surface area contributed by atoms with Gasteiger partial charge in [-0.2, -0.15) is 0 Å². The summed E-state index contributed by atoms with van der Waals surface area (Å²) in [6.07, 6.45) is 3.77. The Balaban J connectivity index is 1.72. The molecule has 0 radical (unpaired) electrons. The van der Waals surface area contributed by atoms with Crippen molar-refractivity contribution in [2.24, 2.45) is 0 Å². The van der Waals surface area contributed by atoms with Crippen molar-refractivity contribution in [2.45, 2.75) is 25.3 Å². The number of rotatable bonds is 5. The molecule has 0 saturated heterocycles. The molecule has 0 saturated carbocycles. The number of methoxy groups -OCH3 is 1. The van der Waals surface area contributed by atoms with Crippen molar-refractivity contribution in [1.29, 1.82) is 0 Å². The van der Waals surface area contributed by atoms with Crippen LogP contribution < -0.4 is 15.0 Å². The first-order valence-corrected chi connectivity index (χ1v) is 10.5. The van der Waals surface area contributed by atoms with Gasteiger partial charge < -0.3 is 10.1 Å². The molecule has 1 N–H and O–H groups in total. The number of benzene rings is 3. The predicted octanol–water partition coefficient (Wildman–Crippen LogP) is 4.84. The number of nitrogens with one attached hydrogen (secondary N) is 1. The summed E-state index contributed by atoms with van der Waals surface area (Å²) in [4.78, 5) is 28.6. The molecule has 3 aromatic carbocycles. The second-order valence-corrected chi connectivity index (χ2v) is 8.13. The lowest BCUT2D eigenvalue weighted by atomic mass is 9.77. The monoisotopic (exact) mass is 426 g/mol. The quantitative estimate of drug-likeness (QED) is 0.635. The van der Waals surface area contributed by atoms with E-state index in [1.165, 1.54) is 0 Å². The van der Waals surface area contributed by atoms with Gasteiger partial charge in [0.2, 0.25) is 0 Å². The van der Waals surface area contributed by atoms with E-state index in [0.717, 1.165) is 16.8 Å². The number of hydrogen-bond acceptors (Lipinski definition) is 3. The van der Waals surface area contributed by atoms with Crippen molar-refractivity contribution in [3.63, 3.8) is 0 Å². The van der Waals surface area contributed by atoms with Crippen LogP contribution in [0.2, 0.25) is 0 Å². The number of carbonyl (C=O) groups excluding carboxylic acids is 2. The fourth-order valence-corrected chi connectivity index (χ4v) is 4.01. The molecular weight excluding hydrogens is 400 g/mol. The lowest BCUT2D eigenvalue weighted by molar-refractivity contribution is -0.124. The number of ether oxygens (including phenoxy) is 1. The van der Waals surface area contributed by atoms with Crippen LogP contribution >= 0.6 is 0 Å². The summed E-state index contributed by atoms with van der Waals surface area (Å²) in [7, 11) is 1.58. The first-order valence-electron chi connectivity index (χ1n) is 10.5. The fourth-order valence-electron chi connectivity index (χ4n) is 4.01. The van der Waals surface area contributed by atoms with E-state index in [0.29, 0.717) is 11.3 Å². The molecule has 2 atom stereocenters. The summed E-state index contributed by atoms with van der Waals surface area (Å²) in [6.45, 7) is 3.79.